The Balaban J connectivity index is 1.30. The van der Waals surface area contributed by atoms with Gasteiger partial charge in [-0.2, -0.15) is 11.8 Å². The standard InChI is InChI=1S/C49H63N9O6S/c1-30(2)24-42(49(64)58(3)43(44(50)59)21-23-65-4)57-48(63)41(27-33-29-53-37-19-11-9-17-35(33)37)56-46(61)39(25-31-14-6-5-7-15-31)54-47(62)40(55-45(60)38-20-12-13-22-51-38)26-32-28-52-36-18-10-8-16-34(32)36/h5-11,14-19,28-30,38-43,51-53H,12-13,20-27H2,1-4H3,(H2,50,59)(H,54,62)(H,55,60)(H,56,61)(H,57,63)/t38-,39-,40+,41+,42-,43-/m0/s1. The highest BCUT2D eigenvalue weighted by Gasteiger charge is 2.36. The molecule has 0 bridgehead atoms. The van der Waals surface area contributed by atoms with Gasteiger partial charge in [-0.25, -0.2) is 0 Å². The lowest BCUT2D eigenvalue weighted by Gasteiger charge is -2.31. The average molecular weight is 906 g/mol. The fourth-order valence-corrected chi connectivity index (χ4v) is 8.99. The molecular weight excluding hydrogens is 843 g/mol. The lowest BCUT2D eigenvalue weighted by Crippen LogP contribution is -2.60. The third-order valence-corrected chi connectivity index (χ3v) is 12.7. The largest absolute Gasteiger partial charge is 0.368 e. The van der Waals surface area contributed by atoms with E-state index < -0.39 is 65.8 Å². The fraction of sp³-hybridized carbons (Fsp3) is 0.429. The molecule has 0 unspecified atom stereocenters. The van der Waals surface area contributed by atoms with Crippen molar-refractivity contribution in [1.82, 2.24) is 41.5 Å². The Bertz CT molecular complexity index is 2410. The summed E-state index contributed by atoms with van der Waals surface area (Å²) in [6, 6.07) is 18.7. The van der Waals surface area contributed by atoms with Gasteiger partial charge in [0.05, 0.1) is 6.04 Å². The number of primary amides is 1. The van der Waals surface area contributed by atoms with E-state index in [2.05, 4.69) is 36.6 Å². The number of benzene rings is 3. The number of aromatic nitrogens is 2. The number of hydrogen-bond donors (Lipinski definition) is 8. The average Bonchev–Trinajstić information content (AvgIpc) is 3.91. The molecule has 6 atom stereocenters. The zero-order chi connectivity index (χ0) is 46.5. The summed E-state index contributed by atoms with van der Waals surface area (Å²) in [6.07, 6.45) is 8.84. The number of likely N-dealkylation sites (N-methyl/N-ethyl adjacent to an activating group) is 1. The summed E-state index contributed by atoms with van der Waals surface area (Å²) in [5.74, 6) is -2.68. The normalized spacial score (nSPS) is 16.2. The van der Waals surface area contributed by atoms with Crippen LogP contribution in [0.15, 0.2) is 91.3 Å². The number of amides is 6. The third kappa shape index (κ3) is 13.0. The highest BCUT2D eigenvalue weighted by atomic mass is 32.2. The number of H-pyrrole nitrogens is 2. The summed E-state index contributed by atoms with van der Waals surface area (Å²) in [6.45, 7) is 4.54. The van der Waals surface area contributed by atoms with Gasteiger partial charge in [0, 0.05) is 60.5 Å². The zero-order valence-electron chi connectivity index (χ0n) is 37.7. The molecule has 0 radical (unpaired) electrons. The molecule has 0 saturated carbocycles. The number of hydrogen-bond acceptors (Lipinski definition) is 8. The number of aromatic amines is 2. The van der Waals surface area contributed by atoms with Gasteiger partial charge < -0.3 is 47.2 Å². The number of carbonyl (C=O) groups excluding carboxylic acids is 6. The van der Waals surface area contributed by atoms with Gasteiger partial charge >= 0.3 is 0 Å². The summed E-state index contributed by atoms with van der Waals surface area (Å²) >= 11 is 1.53. The maximum atomic E-state index is 14.8. The van der Waals surface area contributed by atoms with E-state index in [0.29, 0.717) is 25.1 Å². The number of piperidine rings is 1. The molecule has 2 aromatic heterocycles. The second-order valence-corrected chi connectivity index (χ2v) is 18.3. The Morgan fingerprint density at radius 1 is 0.708 bits per heavy atom. The number of thioether (sulfide) groups is 1. The van der Waals surface area contributed by atoms with Crippen molar-refractivity contribution in [1.29, 1.82) is 0 Å². The van der Waals surface area contributed by atoms with Crippen LogP contribution in [0.25, 0.3) is 21.8 Å². The van der Waals surface area contributed by atoms with Gasteiger partial charge in [0.2, 0.25) is 35.4 Å². The molecule has 3 heterocycles. The van der Waals surface area contributed by atoms with E-state index in [-0.39, 0.29) is 37.5 Å². The summed E-state index contributed by atoms with van der Waals surface area (Å²) in [5, 5.41) is 16.9. The topological polar surface area (TPSA) is 223 Å². The molecule has 1 fully saturated rings. The third-order valence-electron chi connectivity index (χ3n) is 12.1. The number of nitrogens with zero attached hydrogens (tertiary/aromatic N) is 1. The van der Waals surface area contributed by atoms with Crippen LogP contribution in [-0.4, -0.2) is 112 Å². The van der Waals surface area contributed by atoms with Crippen molar-refractivity contribution in [3.8, 4) is 0 Å². The van der Waals surface area contributed by atoms with Gasteiger partial charge in [-0.3, -0.25) is 28.8 Å². The molecule has 5 aromatic rings. The first-order chi connectivity index (χ1) is 31.3. The number of nitrogens with one attached hydrogen (secondary N) is 7. The van der Waals surface area contributed by atoms with Crippen LogP contribution in [0.4, 0.5) is 0 Å². The minimum atomic E-state index is -1.22. The molecule has 0 aliphatic carbocycles. The Hall–Kier alpha value is -6.13. The van der Waals surface area contributed by atoms with Crippen LogP contribution in [-0.2, 0) is 48.0 Å². The number of rotatable bonds is 22. The summed E-state index contributed by atoms with van der Waals surface area (Å²) in [7, 11) is 1.51. The lowest BCUT2D eigenvalue weighted by atomic mass is 9.98. The molecule has 65 heavy (non-hydrogen) atoms. The summed E-state index contributed by atoms with van der Waals surface area (Å²) < 4.78 is 0. The molecule has 15 nitrogen and oxygen atoms in total. The number of carbonyl (C=O) groups is 6. The number of fused-ring (bicyclic) bond motifs is 2. The van der Waals surface area contributed by atoms with Crippen molar-refractivity contribution in [3.05, 3.63) is 108 Å². The minimum absolute atomic E-state index is 0.0328. The minimum Gasteiger partial charge on any atom is -0.368 e. The maximum absolute atomic E-state index is 14.8. The van der Waals surface area contributed by atoms with Crippen molar-refractivity contribution in [2.75, 3.05) is 25.6 Å². The van der Waals surface area contributed by atoms with E-state index >= 15 is 0 Å². The van der Waals surface area contributed by atoms with Crippen molar-refractivity contribution in [3.63, 3.8) is 0 Å². The Labute approximate surface area is 384 Å². The van der Waals surface area contributed by atoms with Crippen LogP contribution in [0.2, 0.25) is 0 Å². The highest BCUT2D eigenvalue weighted by molar-refractivity contribution is 7.98. The van der Waals surface area contributed by atoms with Gasteiger partial charge in [-0.15, -0.1) is 0 Å². The second-order valence-electron chi connectivity index (χ2n) is 17.3. The van der Waals surface area contributed by atoms with Crippen LogP contribution < -0.4 is 32.3 Å². The first kappa shape index (κ1) is 48.3. The summed E-state index contributed by atoms with van der Waals surface area (Å²) in [5.41, 5.74) is 9.80. The van der Waals surface area contributed by atoms with Gasteiger partial charge in [0.1, 0.15) is 30.2 Å². The van der Waals surface area contributed by atoms with E-state index in [1.54, 1.807) is 6.20 Å². The zero-order valence-corrected chi connectivity index (χ0v) is 38.5. The van der Waals surface area contributed by atoms with E-state index in [1.807, 2.05) is 105 Å². The van der Waals surface area contributed by atoms with Crippen LogP contribution in [0.1, 0.15) is 62.6 Å². The molecule has 6 amide bonds. The Kier molecular flexibility index (Phi) is 17.2. The predicted octanol–water partition coefficient (Wildman–Crippen LogP) is 3.87. The van der Waals surface area contributed by atoms with Crippen molar-refractivity contribution in [2.24, 2.45) is 11.7 Å². The van der Waals surface area contributed by atoms with Gasteiger partial charge in [0.15, 0.2) is 0 Å². The Morgan fingerprint density at radius 2 is 1.23 bits per heavy atom. The number of nitrogens with two attached hydrogens (primary N) is 1. The molecule has 6 rings (SSSR count). The van der Waals surface area contributed by atoms with Gasteiger partial charge in [-0.05, 0) is 79.0 Å². The molecule has 9 N–H and O–H groups in total. The van der Waals surface area contributed by atoms with E-state index in [9.17, 15) is 28.8 Å². The lowest BCUT2D eigenvalue weighted by molar-refractivity contribution is -0.141. The smallest absolute Gasteiger partial charge is 0.245 e. The molecule has 1 aliphatic rings. The molecule has 346 valence electrons. The van der Waals surface area contributed by atoms with Crippen molar-refractivity contribution >= 4 is 69.0 Å². The first-order valence-electron chi connectivity index (χ1n) is 22.5. The molecule has 1 saturated heterocycles. The quantitative estimate of drug-likeness (QED) is 0.0508. The highest BCUT2D eigenvalue weighted by Crippen LogP contribution is 2.22. The van der Waals surface area contributed by atoms with E-state index in [1.165, 1.54) is 23.7 Å². The van der Waals surface area contributed by atoms with E-state index in [0.717, 1.165) is 51.3 Å². The van der Waals surface area contributed by atoms with E-state index in [4.69, 9.17) is 5.73 Å². The van der Waals surface area contributed by atoms with Gasteiger partial charge in [0.25, 0.3) is 0 Å². The van der Waals surface area contributed by atoms with Crippen LogP contribution >= 0.6 is 11.8 Å². The predicted molar refractivity (Wildman–Crippen MR) is 256 cm³/mol. The van der Waals surface area contributed by atoms with Crippen LogP contribution in [0.5, 0.6) is 0 Å². The molecule has 3 aromatic carbocycles. The maximum Gasteiger partial charge on any atom is 0.245 e. The first-order valence-corrected chi connectivity index (χ1v) is 23.9. The van der Waals surface area contributed by atoms with Crippen LogP contribution in [0.3, 0.4) is 0 Å². The molecule has 1 aliphatic heterocycles. The second kappa shape index (κ2) is 23.2. The monoisotopic (exact) mass is 905 g/mol. The molecule has 0 spiro atoms. The fourth-order valence-electron chi connectivity index (χ4n) is 8.53. The number of para-hydroxylation sites is 2. The van der Waals surface area contributed by atoms with Gasteiger partial charge in [-0.1, -0.05) is 87.0 Å². The SMILES string of the molecule is CSCC[C@@H](C(N)=O)N(C)C(=O)[C@H](CC(C)C)NC(=O)[C@@H](Cc1c[nH]c2ccccc12)NC(=O)[C@H](Cc1ccccc1)NC(=O)[C@@H](Cc1c[nH]c2ccccc12)NC(=O)[C@@H]1CCCCN1. The summed E-state index contributed by atoms with van der Waals surface area (Å²) in [4.78, 5) is 92.2. The van der Waals surface area contributed by atoms with Crippen molar-refractivity contribution < 1.29 is 28.8 Å². The molecule has 16 heteroatoms. The molecular formula is C49H63N9O6S. The van der Waals surface area contributed by atoms with Crippen LogP contribution in [0, 0.1) is 5.92 Å². The van der Waals surface area contributed by atoms with Crippen molar-refractivity contribution in [2.45, 2.75) is 101 Å². The Morgan fingerprint density at radius 3 is 1.75 bits per heavy atom.